The first kappa shape index (κ1) is 32.9. The molecule has 1 fully saturated rings. The number of aliphatic carboxylic acids is 1. The fourth-order valence-corrected chi connectivity index (χ4v) is 4.62. The number of aryl methyl sites for hydroxylation is 1. The largest absolute Gasteiger partial charge is 0.528 e. The fraction of sp³-hybridized carbons (Fsp3) is 0.344. The monoisotopic (exact) mass is 619 g/mol. The van der Waals surface area contributed by atoms with E-state index in [1.165, 1.54) is 5.06 Å². The molecule has 0 radical (unpaired) electrons. The highest BCUT2D eigenvalue weighted by atomic mass is 16.8. The van der Waals surface area contributed by atoms with Crippen LogP contribution < -0.4 is 16.0 Å². The van der Waals surface area contributed by atoms with Gasteiger partial charge in [0.05, 0.1) is 18.7 Å². The van der Waals surface area contributed by atoms with Crippen LogP contribution in [0.2, 0.25) is 0 Å². The maximum Gasteiger partial charge on any atom is 0.528 e. The molecule has 4 N–H and O–H groups in total. The van der Waals surface area contributed by atoms with Crippen LogP contribution in [0.1, 0.15) is 24.0 Å². The van der Waals surface area contributed by atoms with Gasteiger partial charge in [0.15, 0.2) is 0 Å². The zero-order chi connectivity index (χ0) is 31.9. The number of hydrogen-bond donors (Lipinski definition) is 4. The molecule has 0 bridgehead atoms. The molecule has 1 aliphatic heterocycles. The maximum absolute atomic E-state index is 12.5. The summed E-state index contributed by atoms with van der Waals surface area (Å²) in [4.78, 5) is 58.7. The Morgan fingerprint density at radius 1 is 0.933 bits per heavy atom. The Bertz CT molecular complexity index is 1380. The highest BCUT2D eigenvalue weighted by molar-refractivity contribution is 5.85. The Hall–Kier alpha value is -5.01. The van der Waals surface area contributed by atoms with Gasteiger partial charge in [-0.2, -0.15) is 0 Å². The first-order chi connectivity index (χ1) is 21.9. The third-order valence-electron chi connectivity index (χ3n) is 6.97. The lowest BCUT2D eigenvalue weighted by atomic mass is 10.1. The van der Waals surface area contributed by atoms with Gasteiger partial charge in [0.2, 0.25) is 11.8 Å². The van der Waals surface area contributed by atoms with Crippen LogP contribution in [0.5, 0.6) is 0 Å². The predicted molar refractivity (Wildman–Crippen MR) is 163 cm³/mol. The summed E-state index contributed by atoms with van der Waals surface area (Å²) >= 11 is 0. The lowest BCUT2D eigenvalue weighted by Crippen LogP contribution is -2.49. The Morgan fingerprint density at radius 3 is 2.33 bits per heavy atom. The molecule has 13 nitrogen and oxygen atoms in total. The van der Waals surface area contributed by atoms with Gasteiger partial charge in [0, 0.05) is 25.7 Å². The first-order valence-corrected chi connectivity index (χ1v) is 14.6. The van der Waals surface area contributed by atoms with Crippen LogP contribution in [0.4, 0.5) is 10.6 Å². The zero-order valence-corrected chi connectivity index (χ0v) is 24.7. The van der Waals surface area contributed by atoms with E-state index in [0.717, 1.165) is 11.1 Å². The number of carboxylic acid groups (broad SMARTS) is 1. The quantitative estimate of drug-likeness (QED) is 0.174. The molecule has 1 saturated heterocycles. The van der Waals surface area contributed by atoms with Gasteiger partial charge in [0.1, 0.15) is 25.1 Å². The Labute approximate surface area is 260 Å². The standard InChI is InChI=1S/C32H37N5O8/c38-29(15-14-23-9-3-1-4-10-23)36-27(31(40)41)19-35-30(39)22-43-26-17-25(18-34-28-13-7-8-16-33-28)37(20-26)45-32(42)44-21-24-11-5-2-6-12-24/h1-13,16,25-27H,14-15,17-22H2,(H,33,34)(H,35,39)(H,36,38)(H,40,41). The summed E-state index contributed by atoms with van der Waals surface area (Å²) < 4.78 is 11.0. The highest BCUT2D eigenvalue weighted by Crippen LogP contribution is 2.22. The maximum atomic E-state index is 12.5. The van der Waals surface area contributed by atoms with Crippen LogP contribution >= 0.6 is 0 Å². The van der Waals surface area contributed by atoms with Crippen LogP contribution in [-0.4, -0.2) is 83.5 Å². The number of pyridine rings is 1. The number of carboxylic acids is 1. The Kier molecular flexibility index (Phi) is 12.7. The van der Waals surface area contributed by atoms with Gasteiger partial charge in [-0.3, -0.25) is 9.59 Å². The molecule has 0 spiro atoms. The average Bonchev–Trinajstić information content (AvgIpc) is 3.45. The molecule has 1 aromatic heterocycles. The van der Waals surface area contributed by atoms with Crippen molar-refractivity contribution in [3.05, 3.63) is 96.2 Å². The third kappa shape index (κ3) is 11.5. The zero-order valence-electron chi connectivity index (χ0n) is 24.7. The number of rotatable bonds is 16. The van der Waals surface area contributed by atoms with Crippen molar-refractivity contribution in [1.29, 1.82) is 0 Å². The van der Waals surface area contributed by atoms with Crippen LogP contribution in [0.3, 0.4) is 0 Å². The van der Waals surface area contributed by atoms with E-state index >= 15 is 0 Å². The highest BCUT2D eigenvalue weighted by Gasteiger charge is 2.36. The topological polar surface area (TPSA) is 168 Å². The molecule has 0 saturated carbocycles. The van der Waals surface area contributed by atoms with Crippen LogP contribution in [0, 0.1) is 0 Å². The van der Waals surface area contributed by atoms with Crippen LogP contribution in [-0.2, 0) is 41.7 Å². The summed E-state index contributed by atoms with van der Waals surface area (Å²) in [6, 6.07) is 22.4. The van der Waals surface area contributed by atoms with Crippen molar-refractivity contribution in [2.75, 3.05) is 31.6 Å². The molecule has 45 heavy (non-hydrogen) atoms. The van der Waals surface area contributed by atoms with E-state index in [-0.39, 0.29) is 38.8 Å². The van der Waals surface area contributed by atoms with E-state index < -0.39 is 36.1 Å². The summed E-state index contributed by atoms with van der Waals surface area (Å²) in [6.07, 6.45) is 1.31. The number of amides is 2. The number of carbonyl (C=O) groups excluding carboxylic acids is 3. The molecule has 3 atom stereocenters. The van der Waals surface area contributed by atoms with E-state index in [1.807, 2.05) is 72.8 Å². The molecule has 2 amide bonds. The van der Waals surface area contributed by atoms with Crippen LogP contribution in [0.15, 0.2) is 85.1 Å². The Morgan fingerprint density at radius 2 is 1.64 bits per heavy atom. The molecule has 2 heterocycles. The minimum absolute atomic E-state index is 0.0509. The van der Waals surface area contributed by atoms with E-state index in [1.54, 1.807) is 12.3 Å². The number of hydroxylamine groups is 2. The summed E-state index contributed by atoms with van der Waals surface area (Å²) in [5.41, 5.74) is 1.77. The molecule has 1 aliphatic rings. The molecule has 2 aromatic carbocycles. The normalized spacial score (nSPS) is 16.7. The number of nitrogens with zero attached hydrogens (tertiary/aromatic N) is 2. The molecular formula is C32H37N5O8. The number of aromatic nitrogens is 1. The first-order valence-electron chi connectivity index (χ1n) is 14.6. The molecular weight excluding hydrogens is 582 g/mol. The fourth-order valence-electron chi connectivity index (χ4n) is 4.62. The summed E-state index contributed by atoms with van der Waals surface area (Å²) in [5.74, 6) is -1.61. The minimum atomic E-state index is -1.29. The summed E-state index contributed by atoms with van der Waals surface area (Å²) in [5, 5.41) is 19.1. The van der Waals surface area contributed by atoms with E-state index in [4.69, 9.17) is 14.3 Å². The smallest absolute Gasteiger partial charge is 0.480 e. The molecule has 13 heteroatoms. The third-order valence-corrected chi connectivity index (χ3v) is 6.97. The van der Waals surface area contributed by atoms with Crippen molar-refractivity contribution in [3.8, 4) is 0 Å². The Balaban J connectivity index is 1.23. The lowest BCUT2D eigenvalue weighted by Gasteiger charge is -2.22. The lowest BCUT2D eigenvalue weighted by molar-refractivity contribution is -0.144. The average molecular weight is 620 g/mol. The van der Waals surface area contributed by atoms with E-state index in [0.29, 0.717) is 25.2 Å². The molecule has 3 aromatic rings. The predicted octanol–water partition coefficient (Wildman–Crippen LogP) is 2.54. The molecule has 238 valence electrons. The van der Waals surface area contributed by atoms with Gasteiger partial charge in [-0.05, 0) is 36.1 Å². The SMILES string of the molecule is O=C(COC1CC(CNc2ccccn2)N(OC(=O)OCc2ccccc2)C1)NCC(NC(=O)CCc1ccccc1)C(=O)O. The summed E-state index contributed by atoms with van der Waals surface area (Å²) in [6.45, 7) is -0.0594. The second-order valence-corrected chi connectivity index (χ2v) is 10.4. The van der Waals surface area contributed by atoms with Crippen molar-refractivity contribution >= 4 is 29.8 Å². The van der Waals surface area contributed by atoms with Crippen molar-refractivity contribution in [2.45, 2.75) is 44.1 Å². The van der Waals surface area contributed by atoms with Gasteiger partial charge < -0.3 is 35.4 Å². The molecule has 0 aliphatic carbocycles. The second-order valence-electron chi connectivity index (χ2n) is 10.4. The van der Waals surface area contributed by atoms with Gasteiger partial charge in [0.25, 0.3) is 0 Å². The minimum Gasteiger partial charge on any atom is -0.480 e. The number of hydrogen-bond acceptors (Lipinski definition) is 10. The van der Waals surface area contributed by atoms with E-state index in [2.05, 4.69) is 20.9 Å². The van der Waals surface area contributed by atoms with Gasteiger partial charge in [-0.15, -0.1) is 5.06 Å². The van der Waals surface area contributed by atoms with E-state index in [9.17, 15) is 24.3 Å². The summed E-state index contributed by atoms with van der Waals surface area (Å²) in [7, 11) is 0. The number of anilines is 1. The van der Waals surface area contributed by atoms with Crippen molar-refractivity contribution in [1.82, 2.24) is 20.7 Å². The van der Waals surface area contributed by atoms with Crippen LogP contribution in [0.25, 0.3) is 0 Å². The number of nitrogens with one attached hydrogen (secondary N) is 3. The second kappa shape index (κ2) is 17.3. The van der Waals surface area contributed by atoms with Crippen molar-refractivity contribution < 1.29 is 38.6 Å². The van der Waals surface area contributed by atoms with Gasteiger partial charge in [-0.25, -0.2) is 14.6 Å². The number of ether oxygens (including phenoxy) is 2. The number of carbonyl (C=O) groups is 4. The van der Waals surface area contributed by atoms with Crippen molar-refractivity contribution in [3.63, 3.8) is 0 Å². The molecule has 4 rings (SSSR count). The van der Waals surface area contributed by atoms with Gasteiger partial charge >= 0.3 is 12.1 Å². The van der Waals surface area contributed by atoms with Crippen molar-refractivity contribution in [2.24, 2.45) is 0 Å². The molecule has 3 unspecified atom stereocenters. The van der Waals surface area contributed by atoms with Gasteiger partial charge in [-0.1, -0.05) is 66.7 Å². The number of benzene rings is 2.